The zero-order valence-electron chi connectivity index (χ0n) is 11.5. The lowest BCUT2D eigenvalue weighted by Gasteiger charge is -2.22. The fourth-order valence-electron chi connectivity index (χ4n) is 2.27. The minimum atomic E-state index is -0.594. The van der Waals surface area contributed by atoms with Crippen LogP contribution in [0.5, 0.6) is 5.75 Å². The van der Waals surface area contributed by atoms with Gasteiger partial charge in [-0.3, -0.25) is 14.9 Å². The monoisotopic (exact) mass is 313 g/mol. The van der Waals surface area contributed by atoms with E-state index in [1.807, 2.05) is 0 Å². The lowest BCUT2D eigenvalue weighted by atomic mass is 9.97. The van der Waals surface area contributed by atoms with Gasteiger partial charge in [-0.25, -0.2) is 0 Å². The van der Waals surface area contributed by atoms with Gasteiger partial charge >= 0.3 is 0 Å². The summed E-state index contributed by atoms with van der Waals surface area (Å²) in [5, 5.41) is 16.7. The second-order valence-electron chi connectivity index (χ2n) is 4.77. The summed E-state index contributed by atoms with van der Waals surface area (Å²) in [7, 11) is 1.38. The van der Waals surface area contributed by atoms with Gasteiger partial charge in [-0.05, 0) is 32.0 Å². The highest BCUT2D eigenvalue weighted by Crippen LogP contribution is 2.36. The molecule has 1 aromatic rings. The molecule has 0 aromatic heterocycles. The molecule has 1 fully saturated rings. The number of carbonyl (C=O) groups is 1. The summed E-state index contributed by atoms with van der Waals surface area (Å²) >= 11 is 5.86. The SMILES string of the molecule is COc1cc([N+](=O)[O-])c(Cl)cc1NC(=O)C1CCNCC1. The molecule has 1 aliphatic rings. The van der Waals surface area contributed by atoms with Crippen LogP contribution in [-0.4, -0.2) is 31.0 Å². The summed E-state index contributed by atoms with van der Waals surface area (Å²) in [6, 6.07) is 2.55. The molecular weight excluding hydrogens is 298 g/mol. The molecule has 0 atom stereocenters. The Kier molecular flexibility index (Phi) is 4.98. The zero-order chi connectivity index (χ0) is 15.4. The Labute approximate surface area is 126 Å². The van der Waals surface area contributed by atoms with Gasteiger partial charge in [0.05, 0.1) is 23.8 Å². The van der Waals surface area contributed by atoms with Crippen molar-refractivity contribution in [3.63, 3.8) is 0 Å². The van der Waals surface area contributed by atoms with Crippen molar-refractivity contribution < 1.29 is 14.5 Å². The van der Waals surface area contributed by atoms with Gasteiger partial charge < -0.3 is 15.4 Å². The molecule has 0 spiro atoms. The molecule has 2 N–H and O–H groups in total. The average molecular weight is 314 g/mol. The van der Waals surface area contributed by atoms with Crippen molar-refractivity contribution in [3.05, 3.63) is 27.3 Å². The molecule has 21 heavy (non-hydrogen) atoms. The number of benzene rings is 1. The molecular formula is C13H16ClN3O4. The maximum Gasteiger partial charge on any atom is 0.291 e. The van der Waals surface area contributed by atoms with Crippen molar-refractivity contribution in [2.75, 3.05) is 25.5 Å². The molecule has 114 valence electrons. The van der Waals surface area contributed by atoms with Gasteiger partial charge in [0.15, 0.2) is 0 Å². The highest BCUT2D eigenvalue weighted by atomic mass is 35.5. The molecule has 1 aromatic carbocycles. The Bertz CT molecular complexity index is 559. The third kappa shape index (κ3) is 3.62. The number of nitrogens with zero attached hydrogens (tertiary/aromatic N) is 1. The van der Waals surface area contributed by atoms with Gasteiger partial charge in [0.25, 0.3) is 5.69 Å². The summed E-state index contributed by atoms with van der Waals surface area (Å²) in [4.78, 5) is 22.4. The van der Waals surface area contributed by atoms with E-state index in [9.17, 15) is 14.9 Å². The lowest BCUT2D eigenvalue weighted by Crippen LogP contribution is -2.34. The Balaban J connectivity index is 2.20. The topological polar surface area (TPSA) is 93.5 Å². The summed E-state index contributed by atoms with van der Waals surface area (Å²) in [5.74, 6) is 0.0121. The van der Waals surface area contributed by atoms with E-state index < -0.39 is 4.92 Å². The van der Waals surface area contributed by atoms with Crippen LogP contribution in [0.4, 0.5) is 11.4 Å². The molecule has 0 unspecified atom stereocenters. The molecule has 1 heterocycles. The maximum atomic E-state index is 12.2. The molecule has 2 rings (SSSR count). The minimum Gasteiger partial charge on any atom is -0.494 e. The van der Waals surface area contributed by atoms with E-state index >= 15 is 0 Å². The van der Waals surface area contributed by atoms with Gasteiger partial charge in [0.1, 0.15) is 10.8 Å². The van der Waals surface area contributed by atoms with Crippen LogP contribution in [0.25, 0.3) is 0 Å². The number of rotatable bonds is 4. The number of hydrogen-bond donors (Lipinski definition) is 2. The number of methoxy groups -OCH3 is 1. The first kappa shape index (κ1) is 15.5. The normalized spacial score (nSPS) is 15.5. The van der Waals surface area contributed by atoms with Crippen LogP contribution < -0.4 is 15.4 Å². The van der Waals surface area contributed by atoms with E-state index in [1.54, 1.807) is 0 Å². The van der Waals surface area contributed by atoms with Crippen LogP contribution in [0, 0.1) is 16.0 Å². The number of amides is 1. The number of nitro groups is 1. The van der Waals surface area contributed by atoms with Crippen molar-refractivity contribution in [2.24, 2.45) is 5.92 Å². The molecule has 1 amide bonds. The van der Waals surface area contributed by atoms with Crippen LogP contribution in [-0.2, 0) is 4.79 Å². The number of nitro benzene ring substituents is 1. The first-order valence-corrected chi connectivity index (χ1v) is 6.94. The third-order valence-corrected chi connectivity index (χ3v) is 3.74. The van der Waals surface area contributed by atoms with Gasteiger partial charge in [-0.1, -0.05) is 11.6 Å². The number of ether oxygens (including phenoxy) is 1. The largest absolute Gasteiger partial charge is 0.494 e. The van der Waals surface area contributed by atoms with E-state index in [-0.39, 0.29) is 28.3 Å². The molecule has 7 nitrogen and oxygen atoms in total. The maximum absolute atomic E-state index is 12.2. The van der Waals surface area contributed by atoms with Gasteiger partial charge in [-0.2, -0.15) is 0 Å². The van der Waals surface area contributed by atoms with Crippen LogP contribution in [0.15, 0.2) is 12.1 Å². The second kappa shape index (κ2) is 6.73. The highest BCUT2D eigenvalue weighted by Gasteiger charge is 2.23. The molecule has 0 aliphatic carbocycles. The van der Waals surface area contributed by atoms with Crippen molar-refractivity contribution in [1.82, 2.24) is 5.32 Å². The van der Waals surface area contributed by atoms with E-state index in [0.29, 0.717) is 5.69 Å². The van der Waals surface area contributed by atoms with E-state index in [4.69, 9.17) is 16.3 Å². The van der Waals surface area contributed by atoms with Gasteiger partial charge in [0, 0.05) is 5.92 Å². The molecule has 1 aliphatic heterocycles. The van der Waals surface area contributed by atoms with Gasteiger partial charge in [-0.15, -0.1) is 0 Å². The lowest BCUT2D eigenvalue weighted by molar-refractivity contribution is -0.384. The molecule has 1 saturated heterocycles. The number of hydrogen-bond acceptors (Lipinski definition) is 5. The fraction of sp³-hybridized carbons (Fsp3) is 0.462. The van der Waals surface area contributed by atoms with E-state index in [1.165, 1.54) is 19.2 Å². The molecule has 0 bridgehead atoms. The number of halogens is 1. The van der Waals surface area contributed by atoms with Crippen molar-refractivity contribution in [3.8, 4) is 5.75 Å². The van der Waals surface area contributed by atoms with Crippen LogP contribution >= 0.6 is 11.6 Å². The van der Waals surface area contributed by atoms with E-state index in [2.05, 4.69) is 10.6 Å². The highest BCUT2D eigenvalue weighted by molar-refractivity contribution is 6.33. The quantitative estimate of drug-likeness (QED) is 0.656. The number of piperidine rings is 1. The molecule has 8 heteroatoms. The van der Waals surface area contributed by atoms with Crippen LogP contribution in [0.1, 0.15) is 12.8 Å². The summed E-state index contributed by atoms with van der Waals surface area (Å²) in [6.07, 6.45) is 1.52. The fourth-order valence-corrected chi connectivity index (χ4v) is 2.50. The second-order valence-corrected chi connectivity index (χ2v) is 5.18. The Hall–Kier alpha value is -1.86. The Morgan fingerprint density at radius 3 is 2.71 bits per heavy atom. The smallest absolute Gasteiger partial charge is 0.291 e. The minimum absolute atomic E-state index is 0.0404. The summed E-state index contributed by atoms with van der Waals surface area (Å²) < 4.78 is 5.09. The van der Waals surface area contributed by atoms with E-state index in [0.717, 1.165) is 25.9 Å². The Morgan fingerprint density at radius 2 is 2.14 bits per heavy atom. The first-order valence-electron chi connectivity index (χ1n) is 6.56. The van der Waals surface area contributed by atoms with Crippen molar-refractivity contribution in [1.29, 1.82) is 0 Å². The Morgan fingerprint density at radius 1 is 1.48 bits per heavy atom. The predicted molar refractivity (Wildman–Crippen MR) is 78.9 cm³/mol. The van der Waals surface area contributed by atoms with Crippen LogP contribution in [0.3, 0.4) is 0 Å². The standard InChI is InChI=1S/C13H16ClN3O4/c1-21-12-7-11(17(19)20)9(14)6-10(12)16-13(18)8-2-4-15-5-3-8/h6-8,15H,2-5H2,1H3,(H,16,18). The number of anilines is 1. The van der Waals surface area contributed by atoms with Crippen molar-refractivity contribution >= 4 is 28.9 Å². The van der Waals surface area contributed by atoms with Crippen LogP contribution in [0.2, 0.25) is 5.02 Å². The third-order valence-electron chi connectivity index (χ3n) is 3.43. The molecule has 0 radical (unpaired) electrons. The average Bonchev–Trinajstić information content (AvgIpc) is 2.48. The summed E-state index contributed by atoms with van der Waals surface area (Å²) in [6.45, 7) is 1.60. The first-order chi connectivity index (χ1) is 10.0. The summed E-state index contributed by atoms with van der Waals surface area (Å²) in [5.41, 5.74) is 0.0880. The van der Waals surface area contributed by atoms with Crippen molar-refractivity contribution in [2.45, 2.75) is 12.8 Å². The molecule has 0 saturated carbocycles. The number of carbonyl (C=O) groups excluding carboxylic acids is 1. The van der Waals surface area contributed by atoms with Gasteiger partial charge in [0.2, 0.25) is 5.91 Å². The predicted octanol–water partition coefficient (Wildman–Crippen LogP) is 2.19. The number of nitrogens with one attached hydrogen (secondary N) is 2. The zero-order valence-corrected chi connectivity index (χ0v) is 12.3.